The van der Waals surface area contributed by atoms with Crippen molar-refractivity contribution in [1.82, 2.24) is 5.32 Å². The van der Waals surface area contributed by atoms with E-state index in [-0.39, 0.29) is 5.97 Å². The van der Waals surface area contributed by atoms with Crippen LogP contribution in [0.4, 0.5) is 0 Å². The number of esters is 1. The highest BCUT2D eigenvalue weighted by molar-refractivity contribution is 9.10. The van der Waals surface area contributed by atoms with Gasteiger partial charge in [0.1, 0.15) is 0 Å². The van der Waals surface area contributed by atoms with Crippen molar-refractivity contribution in [3.8, 4) is 0 Å². The first-order chi connectivity index (χ1) is 9.61. The van der Waals surface area contributed by atoms with Crippen LogP contribution in [-0.2, 0) is 11.3 Å². The van der Waals surface area contributed by atoms with E-state index in [0.29, 0.717) is 11.6 Å². The van der Waals surface area contributed by atoms with E-state index in [9.17, 15) is 4.79 Å². The number of hydrogen-bond acceptors (Lipinski definition) is 3. The van der Waals surface area contributed by atoms with Crippen molar-refractivity contribution in [2.24, 2.45) is 5.92 Å². The molecule has 0 aromatic heterocycles. The second-order valence-electron chi connectivity index (χ2n) is 5.55. The fourth-order valence-corrected chi connectivity index (χ4v) is 3.32. The SMILES string of the molecule is COC(=O)c1ccc(CNC2CCCCC2C)c(Br)c1. The number of hydrogen-bond donors (Lipinski definition) is 1. The van der Waals surface area contributed by atoms with Gasteiger partial charge in [-0.2, -0.15) is 0 Å². The van der Waals surface area contributed by atoms with Crippen LogP contribution < -0.4 is 5.32 Å². The van der Waals surface area contributed by atoms with Crippen LogP contribution in [0, 0.1) is 5.92 Å². The van der Waals surface area contributed by atoms with Gasteiger partial charge in [-0.1, -0.05) is 41.8 Å². The Morgan fingerprint density at radius 3 is 2.80 bits per heavy atom. The molecule has 1 aliphatic carbocycles. The maximum absolute atomic E-state index is 11.5. The molecule has 1 aromatic carbocycles. The zero-order valence-electron chi connectivity index (χ0n) is 12.1. The summed E-state index contributed by atoms with van der Waals surface area (Å²) in [5.74, 6) is 0.447. The molecular formula is C16H22BrNO2. The highest BCUT2D eigenvalue weighted by atomic mass is 79.9. The molecule has 2 rings (SSSR count). The lowest BCUT2D eigenvalue weighted by atomic mass is 9.86. The van der Waals surface area contributed by atoms with Crippen LogP contribution >= 0.6 is 15.9 Å². The third kappa shape index (κ3) is 3.83. The number of carbonyl (C=O) groups is 1. The van der Waals surface area contributed by atoms with Gasteiger partial charge in [0.25, 0.3) is 0 Å². The molecule has 1 N–H and O–H groups in total. The molecule has 0 saturated heterocycles. The third-order valence-corrected chi connectivity index (χ3v) is 4.88. The summed E-state index contributed by atoms with van der Waals surface area (Å²) in [7, 11) is 1.40. The molecule has 0 radical (unpaired) electrons. The predicted octanol–water partition coefficient (Wildman–Crippen LogP) is 3.90. The monoisotopic (exact) mass is 339 g/mol. The van der Waals surface area contributed by atoms with Crippen LogP contribution in [-0.4, -0.2) is 19.1 Å². The van der Waals surface area contributed by atoms with Gasteiger partial charge in [0.05, 0.1) is 12.7 Å². The van der Waals surface area contributed by atoms with E-state index in [0.717, 1.165) is 16.9 Å². The first-order valence-electron chi connectivity index (χ1n) is 7.22. The van der Waals surface area contributed by atoms with Crippen molar-refractivity contribution in [2.45, 2.75) is 45.2 Å². The first-order valence-corrected chi connectivity index (χ1v) is 8.01. The van der Waals surface area contributed by atoms with Crippen LogP contribution in [0.3, 0.4) is 0 Å². The van der Waals surface area contributed by atoms with E-state index in [2.05, 4.69) is 28.2 Å². The fourth-order valence-electron chi connectivity index (χ4n) is 2.80. The number of carbonyl (C=O) groups excluding carboxylic acids is 1. The summed E-state index contributed by atoms with van der Waals surface area (Å²) in [5.41, 5.74) is 1.75. The van der Waals surface area contributed by atoms with Crippen molar-refractivity contribution >= 4 is 21.9 Å². The highest BCUT2D eigenvalue weighted by Crippen LogP contribution is 2.25. The minimum absolute atomic E-state index is 0.300. The second-order valence-corrected chi connectivity index (χ2v) is 6.40. The smallest absolute Gasteiger partial charge is 0.337 e. The summed E-state index contributed by atoms with van der Waals surface area (Å²) in [6.45, 7) is 3.16. The number of rotatable bonds is 4. The molecule has 2 unspecified atom stereocenters. The van der Waals surface area contributed by atoms with E-state index in [1.807, 2.05) is 18.2 Å². The van der Waals surface area contributed by atoms with Crippen molar-refractivity contribution < 1.29 is 9.53 Å². The van der Waals surface area contributed by atoms with Gasteiger partial charge in [0, 0.05) is 17.1 Å². The largest absolute Gasteiger partial charge is 0.465 e. The fraction of sp³-hybridized carbons (Fsp3) is 0.562. The normalized spacial score (nSPS) is 22.6. The molecule has 0 aliphatic heterocycles. The van der Waals surface area contributed by atoms with E-state index >= 15 is 0 Å². The number of benzene rings is 1. The minimum Gasteiger partial charge on any atom is -0.465 e. The molecule has 4 heteroatoms. The molecule has 1 aliphatic rings. The van der Waals surface area contributed by atoms with Gasteiger partial charge in [-0.3, -0.25) is 0 Å². The molecule has 0 heterocycles. The Balaban J connectivity index is 1.97. The zero-order valence-corrected chi connectivity index (χ0v) is 13.7. The summed E-state index contributed by atoms with van der Waals surface area (Å²) >= 11 is 3.54. The van der Waals surface area contributed by atoms with Crippen molar-refractivity contribution in [1.29, 1.82) is 0 Å². The van der Waals surface area contributed by atoms with Gasteiger partial charge in [0.2, 0.25) is 0 Å². The van der Waals surface area contributed by atoms with Gasteiger partial charge in [-0.05, 0) is 36.5 Å². The Morgan fingerprint density at radius 2 is 2.15 bits per heavy atom. The van der Waals surface area contributed by atoms with Gasteiger partial charge < -0.3 is 10.1 Å². The molecule has 1 fully saturated rings. The first kappa shape index (κ1) is 15.5. The van der Waals surface area contributed by atoms with Crippen LogP contribution in [0.15, 0.2) is 22.7 Å². The second kappa shape index (κ2) is 7.23. The standard InChI is InChI=1S/C16H22BrNO2/c1-11-5-3-4-6-15(11)18-10-13-8-7-12(9-14(13)17)16(19)20-2/h7-9,11,15,18H,3-6,10H2,1-2H3. The molecule has 1 saturated carbocycles. The highest BCUT2D eigenvalue weighted by Gasteiger charge is 2.20. The van der Waals surface area contributed by atoms with E-state index in [1.54, 1.807) is 0 Å². The van der Waals surface area contributed by atoms with Crippen molar-refractivity contribution in [3.63, 3.8) is 0 Å². The van der Waals surface area contributed by atoms with Crippen molar-refractivity contribution in [3.05, 3.63) is 33.8 Å². The molecule has 0 spiro atoms. The summed E-state index contributed by atoms with van der Waals surface area (Å²) in [5, 5.41) is 3.64. The Kier molecular flexibility index (Phi) is 5.61. The number of methoxy groups -OCH3 is 1. The van der Waals surface area contributed by atoms with Gasteiger partial charge in [-0.15, -0.1) is 0 Å². The number of nitrogens with one attached hydrogen (secondary N) is 1. The zero-order chi connectivity index (χ0) is 14.5. The lowest BCUT2D eigenvalue weighted by Crippen LogP contribution is -2.36. The topological polar surface area (TPSA) is 38.3 Å². The van der Waals surface area contributed by atoms with E-state index in [1.165, 1.54) is 38.4 Å². The molecule has 2 atom stereocenters. The lowest BCUT2D eigenvalue weighted by molar-refractivity contribution is 0.0600. The Labute approximate surface area is 129 Å². The molecular weight excluding hydrogens is 318 g/mol. The Bertz CT molecular complexity index is 476. The maximum Gasteiger partial charge on any atom is 0.337 e. The summed E-state index contributed by atoms with van der Waals surface area (Å²) < 4.78 is 5.68. The molecule has 110 valence electrons. The van der Waals surface area contributed by atoms with Gasteiger partial charge in [-0.25, -0.2) is 4.79 Å². The van der Waals surface area contributed by atoms with Crippen molar-refractivity contribution in [2.75, 3.05) is 7.11 Å². The van der Waals surface area contributed by atoms with Crippen LogP contribution in [0.2, 0.25) is 0 Å². The average Bonchev–Trinajstić information content (AvgIpc) is 2.46. The predicted molar refractivity (Wildman–Crippen MR) is 83.7 cm³/mol. The molecule has 0 amide bonds. The lowest BCUT2D eigenvalue weighted by Gasteiger charge is -2.29. The number of halogens is 1. The van der Waals surface area contributed by atoms with E-state index < -0.39 is 0 Å². The van der Waals surface area contributed by atoms with Crippen LogP contribution in [0.25, 0.3) is 0 Å². The summed E-state index contributed by atoms with van der Waals surface area (Å²) in [4.78, 5) is 11.5. The van der Waals surface area contributed by atoms with Crippen LogP contribution in [0.5, 0.6) is 0 Å². The minimum atomic E-state index is -0.300. The molecule has 1 aromatic rings. The van der Waals surface area contributed by atoms with Gasteiger partial charge >= 0.3 is 5.97 Å². The Morgan fingerprint density at radius 1 is 1.40 bits per heavy atom. The summed E-state index contributed by atoms with van der Waals surface area (Å²) in [6.07, 6.45) is 5.26. The maximum atomic E-state index is 11.5. The van der Waals surface area contributed by atoms with Crippen LogP contribution in [0.1, 0.15) is 48.5 Å². The van der Waals surface area contributed by atoms with E-state index in [4.69, 9.17) is 4.74 Å². The Hall–Kier alpha value is -0.870. The van der Waals surface area contributed by atoms with Gasteiger partial charge in [0.15, 0.2) is 0 Å². The molecule has 0 bridgehead atoms. The number of ether oxygens (including phenoxy) is 1. The quantitative estimate of drug-likeness (QED) is 0.845. The molecule has 3 nitrogen and oxygen atoms in total. The molecule has 20 heavy (non-hydrogen) atoms. The summed E-state index contributed by atoms with van der Waals surface area (Å²) in [6, 6.07) is 6.23. The third-order valence-electron chi connectivity index (χ3n) is 4.14. The average molecular weight is 340 g/mol.